The van der Waals surface area contributed by atoms with E-state index in [1.807, 2.05) is 84.9 Å². The van der Waals surface area contributed by atoms with Crippen LogP contribution in [0.5, 0.6) is 23.4 Å². The lowest BCUT2D eigenvalue weighted by Gasteiger charge is -2.13. The van der Waals surface area contributed by atoms with Gasteiger partial charge in [0.15, 0.2) is 0 Å². The average molecular weight is 550 g/mol. The molecule has 0 spiro atoms. The molecule has 8 nitrogen and oxygen atoms in total. The van der Waals surface area contributed by atoms with Crippen LogP contribution in [0.1, 0.15) is 5.56 Å². The van der Waals surface area contributed by atoms with Crippen LogP contribution in [-0.4, -0.2) is 22.9 Å². The van der Waals surface area contributed by atoms with Crippen molar-refractivity contribution in [1.82, 2.24) is 9.97 Å². The molecule has 0 aliphatic rings. The van der Waals surface area contributed by atoms with Crippen LogP contribution in [0.25, 0.3) is 21.5 Å². The number of ether oxygens (including phenoxy) is 2. The first-order valence-electron chi connectivity index (χ1n) is 12.4. The third-order valence-electron chi connectivity index (χ3n) is 6.29. The Kier molecular flexibility index (Phi) is 6.51. The van der Waals surface area contributed by atoms with Gasteiger partial charge in [0.2, 0.25) is 5.88 Å². The summed E-state index contributed by atoms with van der Waals surface area (Å²) in [6.45, 7) is 1.60. The molecule has 5 aromatic carbocycles. The second kappa shape index (κ2) is 10.3. The van der Waals surface area contributed by atoms with Crippen LogP contribution in [-0.2, 0) is 10.1 Å². The lowest BCUT2D eigenvalue weighted by Crippen LogP contribution is -2.03. The molecule has 0 atom stereocenters. The lowest BCUT2D eigenvalue weighted by atomic mass is 10.1. The molecule has 1 heterocycles. The highest BCUT2D eigenvalue weighted by Crippen LogP contribution is 2.31. The molecule has 0 saturated carbocycles. The summed E-state index contributed by atoms with van der Waals surface area (Å²) in [6.07, 6.45) is 0. The third-order valence-corrected chi connectivity index (χ3v) is 7.29. The number of hydrogen-bond donors (Lipinski definition) is 2. The van der Waals surface area contributed by atoms with Gasteiger partial charge in [-0.05, 0) is 70.4 Å². The Hall–Kier alpha value is -4.99. The minimum Gasteiger partial charge on any atom is -0.439 e. The number of aryl methyl sites for hydroxylation is 1. The number of nitrogens with zero attached hydrogens (tertiary/aromatic N) is 2. The van der Waals surface area contributed by atoms with E-state index in [9.17, 15) is 13.0 Å². The van der Waals surface area contributed by atoms with Crippen molar-refractivity contribution in [3.8, 4) is 23.4 Å². The molecule has 0 aliphatic carbocycles. The Bertz CT molecular complexity index is 1890. The summed E-state index contributed by atoms with van der Waals surface area (Å²) < 4.78 is 45.4. The van der Waals surface area contributed by atoms with Gasteiger partial charge in [0, 0.05) is 11.8 Å². The summed E-state index contributed by atoms with van der Waals surface area (Å²) in [5, 5.41) is 7.23. The van der Waals surface area contributed by atoms with Crippen LogP contribution < -0.4 is 14.8 Å². The first-order chi connectivity index (χ1) is 19.3. The quantitative estimate of drug-likeness (QED) is 0.195. The van der Waals surface area contributed by atoms with Crippen LogP contribution in [0.2, 0.25) is 0 Å². The zero-order chi connectivity index (χ0) is 27.7. The first kappa shape index (κ1) is 25.3. The summed E-state index contributed by atoms with van der Waals surface area (Å²) >= 11 is 0. The SMILES string of the molecule is Cc1ccc(Nc2cc(Oc3ccc4ccccc4c3)nc(Oc3ccc4ccccc4c3)n2)cc1S(=O)(=O)O. The maximum Gasteiger partial charge on any atom is 0.327 e. The average Bonchev–Trinajstić information content (AvgIpc) is 2.93. The van der Waals surface area contributed by atoms with E-state index in [0.717, 1.165) is 21.5 Å². The van der Waals surface area contributed by atoms with Gasteiger partial charge in [0.1, 0.15) is 17.3 Å². The van der Waals surface area contributed by atoms with Gasteiger partial charge in [-0.3, -0.25) is 4.55 Å². The van der Waals surface area contributed by atoms with Crippen LogP contribution in [0.15, 0.2) is 114 Å². The van der Waals surface area contributed by atoms with E-state index >= 15 is 0 Å². The third kappa shape index (κ3) is 5.56. The molecule has 9 heteroatoms. The van der Waals surface area contributed by atoms with Gasteiger partial charge in [-0.1, -0.05) is 66.7 Å². The van der Waals surface area contributed by atoms with Crippen LogP contribution in [0, 0.1) is 6.92 Å². The molecule has 0 unspecified atom stereocenters. The van der Waals surface area contributed by atoms with Crippen molar-refractivity contribution in [3.05, 3.63) is 115 Å². The molecule has 0 bridgehead atoms. The predicted octanol–water partition coefficient (Wildman–Crippen LogP) is 7.67. The zero-order valence-corrected chi connectivity index (χ0v) is 22.1. The topological polar surface area (TPSA) is 111 Å². The summed E-state index contributed by atoms with van der Waals surface area (Å²) in [6, 6.07) is 33.4. The Balaban J connectivity index is 1.37. The first-order valence-corrected chi connectivity index (χ1v) is 13.8. The highest BCUT2D eigenvalue weighted by molar-refractivity contribution is 7.85. The molecule has 2 N–H and O–H groups in total. The molecule has 6 rings (SSSR count). The largest absolute Gasteiger partial charge is 0.439 e. The standard InChI is InChI=1S/C31H23N3O5S/c1-20-10-13-25(18-28(20)40(35,36)37)32-29-19-30(38-26-14-11-21-6-2-4-8-23(21)16-26)34-31(33-29)39-27-15-12-22-7-3-5-9-24(22)17-27/h2-19H,1H3,(H,32,33,34)(H,35,36,37). The van der Waals surface area contributed by atoms with E-state index in [-0.39, 0.29) is 16.8 Å². The molecule has 1 aromatic heterocycles. The molecule has 0 fully saturated rings. The molecule has 0 aliphatic heterocycles. The van der Waals surface area contributed by atoms with Crippen LogP contribution in [0.3, 0.4) is 0 Å². The molecule has 6 aromatic rings. The number of anilines is 2. The minimum absolute atomic E-state index is 0.0261. The molecule has 0 amide bonds. The van der Waals surface area contributed by atoms with Crippen molar-refractivity contribution < 1.29 is 22.4 Å². The smallest absolute Gasteiger partial charge is 0.327 e. The van der Waals surface area contributed by atoms with E-state index < -0.39 is 10.1 Å². The molecular weight excluding hydrogens is 526 g/mol. The number of fused-ring (bicyclic) bond motifs is 2. The maximum atomic E-state index is 11.8. The van der Waals surface area contributed by atoms with Gasteiger partial charge in [0.25, 0.3) is 10.1 Å². The highest BCUT2D eigenvalue weighted by Gasteiger charge is 2.15. The van der Waals surface area contributed by atoms with Gasteiger partial charge in [-0.2, -0.15) is 18.4 Å². The Morgan fingerprint density at radius 1 is 0.675 bits per heavy atom. The number of benzene rings is 5. The van der Waals surface area contributed by atoms with Crippen molar-refractivity contribution >= 4 is 43.2 Å². The maximum absolute atomic E-state index is 11.8. The summed E-state index contributed by atoms with van der Waals surface area (Å²) in [5.74, 6) is 1.62. The van der Waals surface area contributed by atoms with Gasteiger partial charge in [0.05, 0.1) is 4.90 Å². The van der Waals surface area contributed by atoms with Gasteiger partial charge in [-0.15, -0.1) is 0 Å². The molecule has 40 heavy (non-hydrogen) atoms. The summed E-state index contributed by atoms with van der Waals surface area (Å²) in [5.41, 5.74) is 0.807. The van der Waals surface area contributed by atoms with Crippen LogP contribution >= 0.6 is 0 Å². The second-order valence-corrected chi connectivity index (χ2v) is 10.6. The fraction of sp³-hybridized carbons (Fsp3) is 0.0323. The van der Waals surface area contributed by atoms with E-state index in [1.165, 1.54) is 6.07 Å². The van der Waals surface area contributed by atoms with E-state index in [2.05, 4.69) is 15.3 Å². The number of aromatic nitrogens is 2. The Morgan fingerprint density at radius 2 is 1.27 bits per heavy atom. The number of rotatable bonds is 7. The van der Waals surface area contributed by atoms with Gasteiger partial charge >= 0.3 is 6.01 Å². The van der Waals surface area contributed by atoms with Crippen molar-refractivity contribution in [3.63, 3.8) is 0 Å². The van der Waals surface area contributed by atoms with Gasteiger partial charge < -0.3 is 14.8 Å². The van der Waals surface area contributed by atoms with Crippen molar-refractivity contribution in [2.45, 2.75) is 11.8 Å². The fourth-order valence-corrected chi connectivity index (χ4v) is 5.11. The summed E-state index contributed by atoms with van der Waals surface area (Å²) in [7, 11) is -4.40. The Labute approximate surface area is 230 Å². The van der Waals surface area contributed by atoms with E-state index in [1.54, 1.807) is 25.1 Å². The Morgan fingerprint density at radius 3 is 1.90 bits per heavy atom. The van der Waals surface area contributed by atoms with Gasteiger partial charge in [-0.25, -0.2) is 0 Å². The zero-order valence-electron chi connectivity index (χ0n) is 21.3. The lowest BCUT2D eigenvalue weighted by molar-refractivity contribution is 0.413. The second-order valence-electron chi connectivity index (χ2n) is 9.18. The number of hydrogen-bond acceptors (Lipinski definition) is 7. The monoisotopic (exact) mass is 549 g/mol. The highest BCUT2D eigenvalue weighted by atomic mass is 32.2. The van der Waals surface area contributed by atoms with E-state index in [4.69, 9.17) is 9.47 Å². The van der Waals surface area contributed by atoms with Crippen molar-refractivity contribution in [1.29, 1.82) is 0 Å². The molecular formula is C31H23N3O5S. The summed E-state index contributed by atoms with van der Waals surface area (Å²) in [4.78, 5) is 8.74. The van der Waals surface area contributed by atoms with Crippen molar-refractivity contribution in [2.24, 2.45) is 0 Å². The minimum atomic E-state index is -4.40. The fourth-order valence-electron chi connectivity index (χ4n) is 4.36. The molecule has 198 valence electrons. The normalized spacial score (nSPS) is 11.4. The van der Waals surface area contributed by atoms with E-state index in [0.29, 0.717) is 28.6 Å². The molecule has 0 radical (unpaired) electrons. The number of nitrogens with one attached hydrogen (secondary N) is 1. The van der Waals surface area contributed by atoms with Crippen molar-refractivity contribution in [2.75, 3.05) is 5.32 Å². The predicted molar refractivity (Wildman–Crippen MR) is 154 cm³/mol. The van der Waals surface area contributed by atoms with Crippen LogP contribution in [0.4, 0.5) is 11.5 Å². The molecule has 0 saturated heterocycles.